The van der Waals surface area contributed by atoms with Gasteiger partial charge in [0.1, 0.15) is 5.75 Å². The summed E-state index contributed by atoms with van der Waals surface area (Å²) in [6.07, 6.45) is 2.01. The number of ketones is 1. The lowest BCUT2D eigenvalue weighted by atomic mass is 9.96. The summed E-state index contributed by atoms with van der Waals surface area (Å²) in [6, 6.07) is 11.7. The SMILES string of the molecule is CCOc1ccc(C(=O)C2CCCN2)c2ccccc12. The maximum absolute atomic E-state index is 12.6. The molecule has 2 aromatic carbocycles. The summed E-state index contributed by atoms with van der Waals surface area (Å²) in [5.41, 5.74) is 0.795. The molecule has 1 fully saturated rings. The lowest BCUT2D eigenvalue weighted by Crippen LogP contribution is -2.30. The van der Waals surface area contributed by atoms with Crippen molar-refractivity contribution in [2.75, 3.05) is 13.2 Å². The molecule has 1 aliphatic rings. The fourth-order valence-electron chi connectivity index (χ4n) is 2.86. The lowest BCUT2D eigenvalue weighted by molar-refractivity contribution is 0.0954. The Bertz CT molecular complexity index is 630. The number of rotatable bonds is 4. The number of hydrogen-bond acceptors (Lipinski definition) is 3. The van der Waals surface area contributed by atoms with Crippen LogP contribution in [0.2, 0.25) is 0 Å². The summed E-state index contributed by atoms with van der Waals surface area (Å²) in [7, 11) is 0. The molecule has 0 aliphatic carbocycles. The number of hydrogen-bond donors (Lipinski definition) is 1. The molecule has 1 unspecified atom stereocenters. The van der Waals surface area contributed by atoms with Crippen molar-refractivity contribution >= 4 is 16.6 Å². The molecule has 0 bridgehead atoms. The Labute approximate surface area is 118 Å². The van der Waals surface area contributed by atoms with Crippen LogP contribution in [0.3, 0.4) is 0 Å². The van der Waals surface area contributed by atoms with Crippen LogP contribution in [-0.4, -0.2) is 25.0 Å². The van der Waals surface area contributed by atoms with Crippen LogP contribution in [0.1, 0.15) is 30.1 Å². The predicted molar refractivity (Wildman–Crippen MR) is 80.5 cm³/mol. The van der Waals surface area contributed by atoms with Gasteiger partial charge in [0, 0.05) is 10.9 Å². The normalized spacial score (nSPS) is 18.4. The Hall–Kier alpha value is -1.87. The number of nitrogens with one attached hydrogen (secondary N) is 1. The van der Waals surface area contributed by atoms with Gasteiger partial charge in [-0.1, -0.05) is 24.3 Å². The van der Waals surface area contributed by atoms with E-state index in [1.807, 2.05) is 43.3 Å². The van der Waals surface area contributed by atoms with Crippen LogP contribution in [0.25, 0.3) is 10.8 Å². The van der Waals surface area contributed by atoms with Gasteiger partial charge in [-0.15, -0.1) is 0 Å². The molecule has 1 aliphatic heterocycles. The van der Waals surface area contributed by atoms with Gasteiger partial charge in [-0.3, -0.25) is 4.79 Å². The van der Waals surface area contributed by atoms with Crippen molar-refractivity contribution in [3.63, 3.8) is 0 Å². The Morgan fingerprint density at radius 3 is 2.75 bits per heavy atom. The molecule has 0 aromatic heterocycles. The summed E-state index contributed by atoms with van der Waals surface area (Å²) in [5.74, 6) is 1.04. The number of ether oxygens (including phenoxy) is 1. The van der Waals surface area contributed by atoms with Crippen LogP contribution in [0.5, 0.6) is 5.75 Å². The molecule has 1 heterocycles. The zero-order valence-corrected chi connectivity index (χ0v) is 11.7. The molecule has 0 radical (unpaired) electrons. The summed E-state index contributed by atoms with van der Waals surface area (Å²) >= 11 is 0. The molecule has 1 N–H and O–H groups in total. The highest BCUT2D eigenvalue weighted by atomic mass is 16.5. The van der Waals surface area contributed by atoms with Gasteiger partial charge in [-0.25, -0.2) is 0 Å². The highest BCUT2D eigenvalue weighted by molar-refractivity contribution is 6.11. The van der Waals surface area contributed by atoms with Gasteiger partial charge in [0.25, 0.3) is 0 Å². The molecule has 0 spiro atoms. The largest absolute Gasteiger partial charge is 0.493 e. The second-order valence-corrected chi connectivity index (χ2v) is 5.10. The summed E-state index contributed by atoms with van der Waals surface area (Å²) in [5, 5.41) is 5.27. The van der Waals surface area contributed by atoms with Crippen molar-refractivity contribution in [3.8, 4) is 5.75 Å². The van der Waals surface area contributed by atoms with E-state index in [1.165, 1.54) is 0 Å². The molecular weight excluding hydrogens is 250 g/mol. The van der Waals surface area contributed by atoms with Gasteiger partial charge in [0.15, 0.2) is 5.78 Å². The van der Waals surface area contributed by atoms with E-state index in [0.717, 1.165) is 41.5 Å². The second-order valence-electron chi connectivity index (χ2n) is 5.10. The number of Topliss-reactive ketones (excluding diaryl/α,β-unsaturated/α-hetero) is 1. The number of carbonyl (C=O) groups is 1. The highest BCUT2D eigenvalue weighted by Crippen LogP contribution is 2.30. The van der Waals surface area contributed by atoms with Crippen LogP contribution in [0, 0.1) is 0 Å². The number of carbonyl (C=O) groups excluding carboxylic acids is 1. The fraction of sp³-hybridized carbons (Fsp3) is 0.353. The van der Waals surface area contributed by atoms with Crippen molar-refractivity contribution in [1.29, 1.82) is 0 Å². The summed E-state index contributed by atoms with van der Waals surface area (Å²) < 4.78 is 5.65. The Morgan fingerprint density at radius 1 is 1.25 bits per heavy atom. The van der Waals surface area contributed by atoms with Gasteiger partial charge in [-0.05, 0) is 43.8 Å². The Morgan fingerprint density at radius 2 is 2.05 bits per heavy atom. The molecule has 1 saturated heterocycles. The maximum Gasteiger partial charge on any atom is 0.180 e. The predicted octanol–water partition coefficient (Wildman–Crippen LogP) is 3.17. The minimum absolute atomic E-state index is 0.0312. The van der Waals surface area contributed by atoms with Gasteiger partial charge >= 0.3 is 0 Å². The van der Waals surface area contributed by atoms with Gasteiger partial charge in [0.05, 0.1) is 12.6 Å². The maximum atomic E-state index is 12.6. The minimum atomic E-state index is -0.0312. The Kier molecular flexibility index (Phi) is 3.70. The zero-order chi connectivity index (χ0) is 13.9. The van der Waals surface area contributed by atoms with E-state index in [2.05, 4.69) is 5.32 Å². The van der Waals surface area contributed by atoms with E-state index in [0.29, 0.717) is 6.61 Å². The molecular formula is C17H19NO2. The molecule has 2 aromatic rings. The molecule has 3 nitrogen and oxygen atoms in total. The first-order valence-corrected chi connectivity index (χ1v) is 7.23. The number of benzene rings is 2. The van der Waals surface area contributed by atoms with Crippen molar-refractivity contribution < 1.29 is 9.53 Å². The quantitative estimate of drug-likeness (QED) is 0.866. The highest BCUT2D eigenvalue weighted by Gasteiger charge is 2.24. The monoisotopic (exact) mass is 269 g/mol. The average Bonchev–Trinajstić information content (AvgIpc) is 3.01. The van der Waals surface area contributed by atoms with Gasteiger partial charge in [-0.2, -0.15) is 0 Å². The Balaban J connectivity index is 2.07. The molecule has 3 rings (SSSR count). The van der Waals surface area contributed by atoms with E-state index in [-0.39, 0.29) is 11.8 Å². The number of fused-ring (bicyclic) bond motifs is 1. The zero-order valence-electron chi connectivity index (χ0n) is 11.7. The molecule has 3 heteroatoms. The molecule has 1 atom stereocenters. The lowest BCUT2D eigenvalue weighted by Gasteiger charge is -2.14. The van der Waals surface area contributed by atoms with Gasteiger partial charge < -0.3 is 10.1 Å². The van der Waals surface area contributed by atoms with Gasteiger partial charge in [0.2, 0.25) is 0 Å². The summed E-state index contributed by atoms with van der Waals surface area (Å²) in [4.78, 5) is 12.6. The third-order valence-electron chi connectivity index (χ3n) is 3.83. The standard InChI is InChI=1S/C17H19NO2/c1-2-20-16-10-9-14(12-6-3-4-7-13(12)16)17(19)15-8-5-11-18-15/h3-4,6-7,9-10,15,18H,2,5,8,11H2,1H3. The second kappa shape index (κ2) is 5.63. The van der Waals surface area contributed by atoms with E-state index < -0.39 is 0 Å². The van der Waals surface area contributed by atoms with Crippen molar-refractivity contribution in [2.24, 2.45) is 0 Å². The first kappa shape index (κ1) is 13.1. The van der Waals surface area contributed by atoms with E-state index >= 15 is 0 Å². The smallest absolute Gasteiger partial charge is 0.180 e. The van der Waals surface area contributed by atoms with Crippen LogP contribution >= 0.6 is 0 Å². The molecule has 0 amide bonds. The molecule has 0 saturated carbocycles. The van der Waals surface area contributed by atoms with Crippen LogP contribution in [-0.2, 0) is 0 Å². The van der Waals surface area contributed by atoms with Crippen molar-refractivity contribution in [1.82, 2.24) is 5.32 Å². The van der Waals surface area contributed by atoms with Crippen molar-refractivity contribution in [3.05, 3.63) is 42.0 Å². The molecule has 104 valence electrons. The third kappa shape index (κ3) is 2.29. The topological polar surface area (TPSA) is 38.3 Å². The average molecular weight is 269 g/mol. The minimum Gasteiger partial charge on any atom is -0.493 e. The van der Waals surface area contributed by atoms with Crippen LogP contribution in [0.4, 0.5) is 0 Å². The first-order chi connectivity index (χ1) is 9.81. The van der Waals surface area contributed by atoms with Crippen LogP contribution in [0.15, 0.2) is 36.4 Å². The first-order valence-electron chi connectivity index (χ1n) is 7.23. The molecule has 20 heavy (non-hydrogen) atoms. The van der Waals surface area contributed by atoms with Crippen LogP contribution < -0.4 is 10.1 Å². The van der Waals surface area contributed by atoms with E-state index in [1.54, 1.807) is 0 Å². The fourth-order valence-corrected chi connectivity index (χ4v) is 2.86. The van der Waals surface area contributed by atoms with E-state index in [9.17, 15) is 4.79 Å². The van der Waals surface area contributed by atoms with Crippen molar-refractivity contribution in [2.45, 2.75) is 25.8 Å². The third-order valence-corrected chi connectivity index (χ3v) is 3.83. The van der Waals surface area contributed by atoms with E-state index in [4.69, 9.17) is 4.74 Å². The summed E-state index contributed by atoms with van der Waals surface area (Å²) in [6.45, 7) is 3.53.